The quantitative estimate of drug-likeness (QED) is 0.618. The van der Waals surface area contributed by atoms with Gasteiger partial charge in [0.1, 0.15) is 0 Å². The molecular formula is C17H20O5. The van der Waals surface area contributed by atoms with Gasteiger partial charge < -0.3 is 14.2 Å². The summed E-state index contributed by atoms with van der Waals surface area (Å²) in [6.07, 6.45) is 5.28. The summed E-state index contributed by atoms with van der Waals surface area (Å²) in [7, 11) is 3.11. The van der Waals surface area contributed by atoms with E-state index < -0.39 is 12.1 Å². The molecule has 1 saturated carbocycles. The fourth-order valence-electron chi connectivity index (χ4n) is 2.38. The third-order valence-electron chi connectivity index (χ3n) is 3.58. The van der Waals surface area contributed by atoms with Crippen LogP contribution in [-0.4, -0.2) is 32.1 Å². The number of rotatable bonds is 5. The van der Waals surface area contributed by atoms with Crippen LogP contribution in [-0.2, 0) is 14.3 Å². The summed E-state index contributed by atoms with van der Waals surface area (Å²) < 4.78 is 15.5. The zero-order chi connectivity index (χ0) is 15.9. The predicted octanol–water partition coefficient (Wildman–Crippen LogP) is 2.77. The molecule has 1 fully saturated rings. The van der Waals surface area contributed by atoms with Crippen LogP contribution in [0.5, 0.6) is 11.5 Å². The Labute approximate surface area is 129 Å². The lowest BCUT2D eigenvalue weighted by atomic mass is 9.96. The Morgan fingerprint density at radius 2 is 1.95 bits per heavy atom. The van der Waals surface area contributed by atoms with Gasteiger partial charge in [-0.3, -0.25) is 4.79 Å². The molecule has 22 heavy (non-hydrogen) atoms. The molecule has 0 unspecified atom stereocenters. The van der Waals surface area contributed by atoms with Gasteiger partial charge in [0.15, 0.2) is 23.4 Å². The van der Waals surface area contributed by atoms with Crippen LogP contribution < -0.4 is 9.47 Å². The normalized spacial score (nSPS) is 18.3. The lowest BCUT2D eigenvalue weighted by Crippen LogP contribution is -2.29. The number of ketones is 1. The highest BCUT2D eigenvalue weighted by Gasteiger charge is 2.24. The molecule has 0 saturated heterocycles. The van der Waals surface area contributed by atoms with Crippen molar-refractivity contribution in [2.45, 2.75) is 31.8 Å². The highest BCUT2D eigenvalue weighted by molar-refractivity contribution is 5.91. The Balaban J connectivity index is 1.98. The van der Waals surface area contributed by atoms with Crippen molar-refractivity contribution >= 4 is 17.8 Å². The Morgan fingerprint density at radius 3 is 2.64 bits per heavy atom. The summed E-state index contributed by atoms with van der Waals surface area (Å²) in [6.45, 7) is 0. The van der Waals surface area contributed by atoms with Crippen LogP contribution in [0.4, 0.5) is 0 Å². The molecule has 1 aliphatic rings. The van der Waals surface area contributed by atoms with Gasteiger partial charge in [-0.2, -0.15) is 0 Å². The van der Waals surface area contributed by atoms with Gasteiger partial charge in [0.25, 0.3) is 0 Å². The molecule has 5 nitrogen and oxygen atoms in total. The topological polar surface area (TPSA) is 61.8 Å². The van der Waals surface area contributed by atoms with E-state index in [0.717, 1.165) is 18.4 Å². The van der Waals surface area contributed by atoms with Gasteiger partial charge in [0.2, 0.25) is 0 Å². The van der Waals surface area contributed by atoms with E-state index in [2.05, 4.69) is 0 Å². The van der Waals surface area contributed by atoms with Crippen molar-refractivity contribution in [2.24, 2.45) is 0 Å². The van der Waals surface area contributed by atoms with Gasteiger partial charge >= 0.3 is 5.97 Å². The van der Waals surface area contributed by atoms with Crippen LogP contribution in [0.1, 0.15) is 31.2 Å². The average Bonchev–Trinajstić information content (AvgIpc) is 2.54. The summed E-state index contributed by atoms with van der Waals surface area (Å²) >= 11 is 0. The molecule has 0 aromatic heterocycles. The molecular weight excluding hydrogens is 284 g/mol. The van der Waals surface area contributed by atoms with E-state index in [-0.39, 0.29) is 5.78 Å². The number of esters is 1. The van der Waals surface area contributed by atoms with E-state index >= 15 is 0 Å². The number of benzene rings is 1. The van der Waals surface area contributed by atoms with Gasteiger partial charge in [-0.1, -0.05) is 6.07 Å². The van der Waals surface area contributed by atoms with Gasteiger partial charge in [-0.15, -0.1) is 0 Å². The van der Waals surface area contributed by atoms with Crippen molar-refractivity contribution < 1.29 is 23.8 Å². The Hall–Kier alpha value is -2.30. The molecule has 0 bridgehead atoms. The molecule has 1 aromatic rings. The molecule has 0 amide bonds. The fraction of sp³-hybridized carbons (Fsp3) is 0.412. The third kappa shape index (κ3) is 4.10. The van der Waals surface area contributed by atoms with Gasteiger partial charge in [0, 0.05) is 12.5 Å². The van der Waals surface area contributed by atoms with Gasteiger partial charge in [-0.25, -0.2) is 4.79 Å². The van der Waals surface area contributed by atoms with Crippen molar-refractivity contribution in [1.82, 2.24) is 0 Å². The number of ether oxygens (including phenoxy) is 3. The van der Waals surface area contributed by atoms with Crippen molar-refractivity contribution in [1.29, 1.82) is 0 Å². The second-order valence-electron chi connectivity index (χ2n) is 5.09. The van der Waals surface area contributed by atoms with Gasteiger partial charge in [-0.05, 0) is 43.0 Å². The number of carbonyl (C=O) groups is 2. The number of Topliss-reactive ketones (excluding diaryl/α,β-unsaturated/α-hetero) is 1. The van der Waals surface area contributed by atoms with Crippen molar-refractivity contribution in [3.05, 3.63) is 29.8 Å². The average molecular weight is 304 g/mol. The highest BCUT2D eigenvalue weighted by Crippen LogP contribution is 2.28. The summed E-state index contributed by atoms with van der Waals surface area (Å²) in [4.78, 5) is 23.4. The first kappa shape index (κ1) is 16.1. The minimum atomic E-state index is -0.587. The van der Waals surface area contributed by atoms with Crippen LogP contribution in [0, 0.1) is 0 Å². The predicted molar refractivity (Wildman–Crippen MR) is 81.9 cm³/mol. The van der Waals surface area contributed by atoms with E-state index in [1.165, 1.54) is 6.08 Å². The maximum Gasteiger partial charge on any atom is 0.331 e. The summed E-state index contributed by atoms with van der Waals surface area (Å²) in [6, 6.07) is 5.32. The number of methoxy groups -OCH3 is 2. The summed E-state index contributed by atoms with van der Waals surface area (Å²) in [5, 5.41) is 0. The lowest BCUT2D eigenvalue weighted by Gasteiger charge is -2.19. The Kier molecular flexibility index (Phi) is 5.58. The smallest absolute Gasteiger partial charge is 0.331 e. The maximum absolute atomic E-state index is 11.8. The minimum Gasteiger partial charge on any atom is -0.493 e. The number of carbonyl (C=O) groups excluding carboxylic acids is 2. The zero-order valence-electron chi connectivity index (χ0n) is 12.8. The fourth-order valence-corrected chi connectivity index (χ4v) is 2.38. The molecule has 0 aliphatic heterocycles. The SMILES string of the molecule is COc1ccc(/C=C/C(=O)O[C@@H]2CCCCC2=O)cc1OC. The van der Waals surface area contributed by atoms with E-state index in [4.69, 9.17) is 14.2 Å². The summed E-state index contributed by atoms with van der Waals surface area (Å²) in [5.74, 6) is 0.713. The monoisotopic (exact) mass is 304 g/mol. The summed E-state index contributed by atoms with van der Waals surface area (Å²) in [5.41, 5.74) is 0.782. The Morgan fingerprint density at radius 1 is 1.18 bits per heavy atom. The first-order valence-electron chi connectivity index (χ1n) is 7.27. The second-order valence-corrected chi connectivity index (χ2v) is 5.09. The molecule has 118 valence electrons. The van der Waals surface area contributed by atoms with Crippen molar-refractivity contribution in [3.63, 3.8) is 0 Å². The van der Waals surface area contributed by atoms with Crippen LogP contribution in [0.25, 0.3) is 6.08 Å². The molecule has 5 heteroatoms. The van der Waals surface area contributed by atoms with Crippen LogP contribution in [0.15, 0.2) is 24.3 Å². The standard InChI is InChI=1S/C17H20O5/c1-20-15-9-7-12(11-16(15)21-2)8-10-17(19)22-14-6-4-3-5-13(14)18/h7-11,14H,3-6H2,1-2H3/b10-8+/t14-/m1/s1. The van der Waals surface area contributed by atoms with E-state index in [1.807, 2.05) is 0 Å². The largest absolute Gasteiger partial charge is 0.493 e. The van der Waals surface area contributed by atoms with Crippen molar-refractivity contribution in [2.75, 3.05) is 14.2 Å². The molecule has 1 atom stereocenters. The minimum absolute atomic E-state index is 0.0131. The molecule has 1 aromatic carbocycles. The number of hydrogen-bond acceptors (Lipinski definition) is 5. The third-order valence-corrected chi connectivity index (χ3v) is 3.58. The van der Waals surface area contributed by atoms with Crippen LogP contribution in [0.3, 0.4) is 0 Å². The first-order chi connectivity index (χ1) is 10.6. The molecule has 0 N–H and O–H groups in total. The lowest BCUT2D eigenvalue weighted by molar-refractivity contribution is -0.152. The van der Waals surface area contributed by atoms with Crippen molar-refractivity contribution in [3.8, 4) is 11.5 Å². The van der Waals surface area contributed by atoms with E-state index in [9.17, 15) is 9.59 Å². The highest BCUT2D eigenvalue weighted by atomic mass is 16.5. The molecule has 0 spiro atoms. The van der Waals surface area contributed by atoms with Crippen LogP contribution >= 0.6 is 0 Å². The molecule has 2 rings (SSSR count). The van der Waals surface area contributed by atoms with Crippen LogP contribution in [0.2, 0.25) is 0 Å². The number of hydrogen-bond donors (Lipinski definition) is 0. The molecule has 0 radical (unpaired) electrons. The Bertz CT molecular complexity index is 576. The molecule has 1 aliphatic carbocycles. The second kappa shape index (κ2) is 7.64. The first-order valence-corrected chi connectivity index (χ1v) is 7.27. The van der Waals surface area contributed by atoms with E-state index in [1.54, 1.807) is 38.5 Å². The maximum atomic E-state index is 11.8. The van der Waals surface area contributed by atoms with E-state index in [0.29, 0.717) is 24.3 Å². The zero-order valence-corrected chi connectivity index (χ0v) is 12.8. The van der Waals surface area contributed by atoms with Gasteiger partial charge in [0.05, 0.1) is 14.2 Å². The molecule has 0 heterocycles.